The van der Waals surface area contributed by atoms with Crippen LogP contribution in [0, 0.1) is 5.82 Å². The Bertz CT molecular complexity index is 1480. The number of aliphatic hydroxyl groups excluding tert-OH is 1. The third kappa shape index (κ3) is 6.63. The lowest BCUT2D eigenvalue weighted by atomic mass is 9.93. The van der Waals surface area contributed by atoms with Gasteiger partial charge in [-0.2, -0.15) is 4.39 Å². The molecule has 224 valence electrons. The molecule has 42 heavy (non-hydrogen) atoms. The van der Waals surface area contributed by atoms with E-state index in [-0.39, 0.29) is 48.1 Å². The minimum atomic E-state index is -1.63. The van der Waals surface area contributed by atoms with Crippen LogP contribution in [-0.2, 0) is 9.53 Å². The number of rotatable bonds is 11. The molecular weight excluding hydrogens is 590 g/mol. The summed E-state index contributed by atoms with van der Waals surface area (Å²) in [6, 6.07) is 9.44. The summed E-state index contributed by atoms with van der Waals surface area (Å²) in [4.78, 5) is 41.8. The van der Waals surface area contributed by atoms with Crippen LogP contribution in [0.3, 0.4) is 0 Å². The van der Waals surface area contributed by atoms with Crippen molar-refractivity contribution in [2.24, 2.45) is 0 Å². The zero-order valence-electron chi connectivity index (χ0n) is 22.8. The number of carbonyl (C=O) groups excluding carboxylic acids is 2. The number of alkyl halides is 1. The third-order valence-corrected chi connectivity index (χ3v) is 7.53. The fourth-order valence-electron chi connectivity index (χ4n) is 4.94. The maximum Gasteiger partial charge on any atom is 0.274 e. The number of hydrogen-bond donors (Lipinski definition) is 2. The number of amides is 2. The fourth-order valence-corrected chi connectivity index (χ4v) is 5.61. The van der Waals surface area contributed by atoms with E-state index in [9.17, 15) is 23.9 Å². The zero-order valence-corrected chi connectivity index (χ0v) is 25.1. The Labute approximate surface area is 245 Å². The Morgan fingerprint density at radius 1 is 1.17 bits per heavy atom. The van der Waals surface area contributed by atoms with Gasteiger partial charge in [-0.15, -0.1) is 9.24 Å². The Morgan fingerprint density at radius 2 is 1.88 bits per heavy atom. The predicted molar refractivity (Wildman–Crippen MR) is 159 cm³/mol. The molecule has 4 rings (SSSR count). The molecule has 2 heterocycles. The smallest absolute Gasteiger partial charge is 0.274 e. The first-order chi connectivity index (χ1) is 20.1. The molecule has 2 N–H and O–H groups in total. The quantitative estimate of drug-likeness (QED) is 0.315. The Hall–Kier alpha value is -3.43. The van der Waals surface area contributed by atoms with E-state index >= 15 is 4.39 Å². The first kappa shape index (κ1) is 31.5. The molecule has 10 nitrogen and oxygen atoms in total. The molecule has 3 aromatic rings. The van der Waals surface area contributed by atoms with Crippen molar-refractivity contribution in [1.29, 1.82) is 0 Å². The van der Waals surface area contributed by atoms with Crippen LogP contribution in [0.1, 0.15) is 27.9 Å². The Balaban J connectivity index is 1.73. The molecular formula is C28H31F2N3O7P2. The summed E-state index contributed by atoms with van der Waals surface area (Å²) >= 11 is 0. The van der Waals surface area contributed by atoms with Crippen molar-refractivity contribution in [2.75, 3.05) is 38.9 Å². The van der Waals surface area contributed by atoms with E-state index in [4.69, 9.17) is 14.2 Å². The van der Waals surface area contributed by atoms with E-state index in [1.165, 1.54) is 66.3 Å². The summed E-state index contributed by atoms with van der Waals surface area (Å²) in [6.07, 6.45) is -0.152. The van der Waals surface area contributed by atoms with Gasteiger partial charge in [0.2, 0.25) is 12.0 Å². The molecule has 1 fully saturated rings. The van der Waals surface area contributed by atoms with Gasteiger partial charge in [0.05, 0.1) is 26.4 Å². The normalized spacial score (nSPS) is 18.1. The van der Waals surface area contributed by atoms with Gasteiger partial charge < -0.3 is 34.1 Å². The third-order valence-electron chi connectivity index (χ3n) is 6.92. The molecule has 4 unspecified atom stereocenters. The number of ether oxygens (including phenoxy) is 3. The molecule has 0 bridgehead atoms. The van der Waals surface area contributed by atoms with Crippen molar-refractivity contribution < 1.29 is 37.7 Å². The second-order valence-electron chi connectivity index (χ2n) is 9.51. The molecule has 1 saturated heterocycles. The van der Waals surface area contributed by atoms with Crippen molar-refractivity contribution in [3.8, 4) is 11.5 Å². The van der Waals surface area contributed by atoms with Gasteiger partial charge in [0.25, 0.3) is 11.5 Å². The van der Waals surface area contributed by atoms with Crippen LogP contribution in [0.2, 0.25) is 0 Å². The SMILES string of the molecule is COCC(CO)n1cccc(N2C[C@@H](c3c(F)cc(OC)cc3P)[C@H](NC(=O)c3ccc(OC(F)P)cc3)C2=O)c1=O. The minimum Gasteiger partial charge on any atom is -0.497 e. The van der Waals surface area contributed by atoms with Gasteiger partial charge in [-0.25, -0.2) is 4.39 Å². The van der Waals surface area contributed by atoms with E-state index in [1.807, 2.05) is 9.24 Å². The average Bonchev–Trinajstić information content (AvgIpc) is 3.26. The number of benzene rings is 2. The number of anilines is 1. The number of nitrogens with one attached hydrogen (secondary N) is 1. The average molecular weight is 622 g/mol. The first-order valence-corrected chi connectivity index (χ1v) is 14.1. The standard InChI is InChI=1S/C28H31F2N3O7P2/c1-38-14-16(13-34)32-9-3-4-21(26(32)36)33-12-19(23-20(29)10-18(39-2)11-22(23)41)24(27(33)37)31-25(35)15-5-7-17(8-6-15)40-28(30)42/h3-11,16,19,24,28,34H,12-14,41-42H2,1-2H3,(H,31,35)/t16?,19-,24-,28?/m0/s1. The number of halogens is 2. The monoisotopic (exact) mass is 621 g/mol. The molecule has 1 aromatic heterocycles. The fraction of sp³-hybridized carbons (Fsp3) is 0.321. The summed E-state index contributed by atoms with van der Waals surface area (Å²) < 4.78 is 45.1. The van der Waals surface area contributed by atoms with E-state index in [0.29, 0.717) is 5.30 Å². The highest BCUT2D eigenvalue weighted by atomic mass is 31.0. The second kappa shape index (κ2) is 13.7. The molecule has 0 aliphatic carbocycles. The van der Waals surface area contributed by atoms with Gasteiger partial charge >= 0.3 is 0 Å². The number of pyridine rings is 1. The van der Waals surface area contributed by atoms with Crippen LogP contribution in [0.15, 0.2) is 59.5 Å². The molecule has 1 aliphatic rings. The van der Waals surface area contributed by atoms with E-state index < -0.39 is 47.3 Å². The van der Waals surface area contributed by atoms with E-state index in [1.54, 1.807) is 12.1 Å². The Morgan fingerprint density at radius 3 is 2.48 bits per heavy atom. The van der Waals surface area contributed by atoms with Crippen molar-refractivity contribution in [1.82, 2.24) is 9.88 Å². The number of nitrogens with zero attached hydrogens (tertiary/aromatic N) is 2. The summed E-state index contributed by atoms with van der Waals surface area (Å²) in [5.74, 6) is -2.35. The van der Waals surface area contributed by atoms with Crippen LogP contribution in [0.5, 0.6) is 11.5 Å². The van der Waals surface area contributed by atoms with Crippen LogP contribution < -0.4 is 30.6 Å². The summed E-state index contributed by atoms with van der Waals surface area (Å²) in [7, 11) is 7.11. The minimum absolute atomic E-state index is 0.00209. The molecule has 2 amide bonds. The summed E-state index contributed by atoms with van der Waals surface area (Å²) in [5.41, 5.74) is -0.258. The number of hydrogen-bond acceptors (Lipinski definition) is 7. The lowest BCUT2D eigenvalue weighted by Gasteiger charge is -2.21. The van der Waals surface area contributed by atoms with Crippen LogP contribution in [-0.4, -0.2) is 67.6 Å². The molecule has 14 heteroatoms. The lowest BCUT2D eigenvalue weighted by molar-refractivity contribution is -0.118. The van der Waals surface area contributed by atoms with E-state index in [0.717, 1.165) is 0 Å². The van der Waals surface area contributed by atoms with Gasteiger partial charge in [0.1, 0.15) is 29.0 Å². The maximum absolute atomic E-state index is 15.5. The van der Waals surface area contributed by atoms with Gasteiger partial charge in [0.15, 0.2) is 0 Å². The number of aromatic nitrogens is 1. The Kier molecular flexibility index (Phi) is 10.3. The predicted octanol–water partition coefficient (Wildman–Crippen LogP) is 2.11. The zero-order chi connectivity index (χ0) is 30.6. The number of aliphatic hydroxyl groups is 1. The molecule has 0 spiro atoms. The second-order valence-corrected chi connectivity index (χ2v) is 10.7. The molecule has 2 aromatic carbocycles. The molecule has 1 aliphatic heterocycles. The molecule has 0 radical (unpaired) electrons. The largest absolute Gasteiger partial charge is 0.497 e. The van der Waals surface area contributed by atoms with Gasteiger partial charge in [0, 0.05) is 43.0 Å². The summed E-state index contributed by atoms with van der Waals surface area (Å²) in [5, 5.41) is 12.9. The highest BCUT2D eigenvalue weighted by Gasteiger charge is 2.45. The lowest BCUT2D eigenvalue weighted by Crippen LogP contribution is -2.45. The van der Waals surface area contributed by atoms with Crippen molar-refractivity contribution in [2.45, 2.75) is 24.1 Å². The maximum atomic E-state index is 15.5. The van der Waals surface area contributed by atoms with Crippen molar-refractivity contribution in [3.05, 3.63) is 82.0 Å². The van der Waals surface area contributed by atoms with Gasteiger partial charge in [-0.05, 0) is 47.8 Å². The topological polar surface area (TPSA) is 119 Å². The van der Waals surface area contributed by atoms with Crippen LogP contribution in [0.4, 0.5) is 14.5 Å². The highest BCUT2D eigenvalue weighted by molar-refractivity contribution is 7.27. The summed E-state index contributed by atoms with van der Waals surface area (Å²) in [6.45, 7) is -0.455. The number of carbonyl (C=O) groups is 2. The van der Waals surface area contributed by atoms with Gasteiger partial charge in [-0.3, -0.25) is 14.4 Å². The molecule has 6 atom stereocenters. The number of methoxy groups -OCH3 is 2. The first-order valence-electron chi connectivity index (χ1n) is 12.8. The van der Waals surface area contributed by atoms with Crippen molar-refractivity contribution >= 4 is 41.3 Å². The molecule has 0 saturated carbocycles. The highest BCUT2D eigenvalue weighted by Crippen LogP contribution is 2.34. The van der Waals surface area contributed by atoms with Crippen LogP contribution >= 0.6 is 18.5 Å². The van der Waals surface area contributed by atoms with Crippen molar-refractivity contribution in [3.63, 3.8) is 0 Å². The van der Waals surface area contributed by atoms with E-state index in [2.05, 4.69) is 14.6 Å². The van der Waals surface area contributed by atoms with Gasteiger partial charge in [-0.1, -0.05) is 9.24 Å². The van der Waals surface area contributed by atoms with Crippen LogP contribution in [0.25, 0.3) is 0 Å².